The third-order valence-corrected chi connectivity index (χ3v) is 3.51. The van der Waals surface area contributed by atoms with Crippen LogP contribution >= 0.6 is 11.6 Å². The van der Waals surface area contributed by atoms with Gasteiger partial charge in [0.2, 0.25) is 0 Å². The SMILES string of the molecule is CC(NC(=O)Nc1ccc(-n2cccn2)c(Cl)c1)c1ccon1. The molecule has 0 aliphatic heterocycles. The highest BCUT2D eigenvalue weighted by Crippen LogP contribution is 2.24. The predicted octanol–water partition coefficient (Wildman–Crippen LogP) is 3.40. The Morgan fingerprint density at radius 3 is 2.91 bits per heavy atom. The Morgan fingerprint density at radius 1 is 1.39 bits per heavy atom. The molecule has 0 aliphatic carbocycles. The van der Waals surface area contributed by atoms with Gasteiger partial charge in [-0.05, 0) is 31.2 Å². The second-order valence-corrected chi connectivity index (χ2v) is 5.27. The van der Waals surface area contributed by atoms with Crippen LogP contribution in [0.5, 0.6) is 0 Å². The van der Waals surface area contributed by atoms with Gasteiger partial charge in [-0.15, -0.1) is 0 Å². The molecule has 0 saturated heterocycles. The van der Waals surface area contributed by atoms with Crippen LogP contribution in [0, 0.1) is 0 Å². The Bertz CT molecular complexity index is 786. The number of hydrogen-bond acceptors (Lipinski definition) is 4. The molecule has 3 rings (SSSR count). The summed E-state index contributed by atoms with van der Waals surface area (Å²) >= 11 is 6.24. The van der Waals surface area contributed by atoms with E-state index in [2.05, 4.69) is 20.9 Å². The van der Waals surface area contributed by atoms with Crippen LogP contribution in [0.25, 0.3) is 5.69 Å². The van der Waals surface area contributed by atoms with Crippen molar-refractivity contribution in [2.24, 2.45) is 0 Å². The van der Waals surface area contributed by atoms with Crippen LogP contribution in [0.15, 0.2) is 53.5 Å². The first-order valence-corrected chi connectivity index (χ1v) is 7.28. The molecule has 1 atom stereocenters. The van der Waals surface area contributed by atoms with Gasteiger partial charge in [0.25, 0.3) is 0 Å². The average Bonchev–Trinajstić information content (AvgIpc) is 3.21. The van der Waals surface area contributed by atoms with Gasteiger partial charge in [0.05, 0.1) is 16.8 Å². The van der Waals surface area contributed by atoms with Gasteiger partial charge in [0.15, 0.2) is 0 Å². The van der Waals surface area contributed by atoms with Crippen molar-refractivity contribution in [1.29, 1.82) is 0 Å². The van der Waals surface area contributed by atoms with E-state index in [1.165, 1.54) is 6.26 Å². The standard InChI is InChI=1S/C15H14ClN5O2/c1-10(13-5-8-23-20-13)18-15(22)19-11-3-4-14(12(16)9-11)21-7-2-6-17-21/h2-10H,1H3,(H2,18,19,22). The number of aromatic nitrogens is 3. The molecule has 0 spiro atoms. The van der Waals surface area contributed by atoms with Crippen molar-refractivity contribution in [2.75, 3.05) is 5.32 Å². The molecule has 0 saturated carbocycles. The van der Waals surface area contributed by atoms with E-state index >= 15 is 0 Å². The maximum absolute atomic E-state index is 12.0. The topological polar surface area (TPSA) is 85.0 Å². The highest BCUT2D eigenvalue weighted by Gasteiger charge is 2.12. The van der Waals surface area contributed by atoms with E-state index in [4.69, 9.17) is 16.1 Å². The summed E-state index contributed by atoms with van der Waals surface area (Å²) in [6.45, 7) is 1.81. The molecule has 118 valence electrons. The lowest BCUT2D eigenvalue weighted by molar-refractivity contribution is 0.249. The summed E-state index contributed by atoms with van der Waals surface area (Å²) in [4.78, 5) is 12.0. The highest BCUT2D eigenvalue weighted by atomic mass is 35.5. The molecule has 3 aromatic rings. The van der Waals surface area contributed by atoms with Crippen LogP contribution in [0.2, 0.25) is 5.02 Å². The van der Waals surface area contributed by atoms with Gasteiger partial charge in [-0.25, -0.2) is 9.48 Å². The van der Waals surface area contributed by atoms with Crippen LogP contribution in [0.1, 0.15) is 18.7 Å². The fourth-order valence-electron chi connectivity index (χ4n) is 2.06. The maximum Gasteiger partial charge on any atom is 0.319 e. The lowest BCUT2D eigenvalue weighted by Crippen LogP contribution is -2.31. The summed E-state index contributed by atoms with van der Waals surface area (Å²) in [6.07, 6.45) is 4.92. The number of urea groups is 1. The van der Waals surface area contributed by atoms with E-state index in [1.807, 2.05) is 6.92 Å². The number of nitrogens with one attached hydrogen (secondary N) is 2. The molecule has 1 unspecified atom stereocenters. The summed E-state index contributed by atoms with van der Waals surface area (Å²) in [5, 5.41) is 13.9. The van der Waals surface area contributed by atoms with E-state index in [1.54, 1.807) is 47.4 Å². The molecule has 8 heteroatoms. The normalized spacial score (nSPS) is 11.9. The van der Waals surface area contributed by atoms with Gasteiger partial charge in [-0.3, -0.25) is 0 Å². The summed E-state index contributed by atoms with van der Waals surface area (Å²) in [5.74, 6) is 0. The minimum absolute atomic E-state index is 0.271. The van der Waals surface area contributed by atoms with E-state index in [-0.39, 0.29) is 12.1 Å². The number of hydrogen-bond donors (Lipinski definition) is 2. The second-order valence-electron chi connectivity index (χ2n) is 4.86. The lowest BCUT2D eigenvalue weighted by Gasteiger charge is -2.13. The fraction of sp³-hybridized carbons (Fsp3) is 0.133. The van der Waals surface area contributed by atoms with E-state index in [0.29, 0.717) is 16.4 Å². The number of benzene rings is 1. The van der Waals surface area contributed by atoms with Crippen LogP contribution in [0.3, 0.4) is 0 Å². The molecule has 1 aromatic carbocycles. The van der Waals surface area contributed by atoms with Crippen LogP contribution in [-0.2, 0) is 0 Å². The van der Waals surface area contributed by atoms with Gasteiger partial charge in [-0.2, -0.15) is 5.10 Å². The molecule has 2 amide bonds. The molecule has 23 heavy (non-hydrogen) atoms. The molecular formula is C15H14ClN5O2. The smallest absolute Gasteiger partial charge is 0.319 e. The minimum atomic E-state index is -0.358. The molecule has 7 nitrogen and oxygen atoms in total. The molecule has 2 N–H and O–H groups in total. The maximum atomic E-state index is 12.0. The van der Waals surface area contributed by atoms with Crippen molar-refractivity contribution in [3.63, 3.8) is 0 Å². The third-order valence-electron chi connectivity index (χ3n) is 3.21. The number of carbonyl (C=O) groups excluding carboxylic acids is 1. The number of rotatable bonds is 4. The minimum Gasteiger partial charge on any atom is -0.364 e. The lowest BCUT2D eigenvalue weighted by atomic mass is 10.2. The summed E-state index contributed by atoms with van der Waals surface area (Å²) < 4.78 is 6.40. The number of amides is 2. The Morgan fingerprint density at radius 2 is 2.26 bits per heavy atom. The summed E-state index contributed by atoms with van der Waals surface area (Å²) in [6, 6.07) is 8.08. The van der Waals surface area contributed by atoms with Gasteiger partial charge in [0, 0.05) is 24.1 Å². The predicted molar refractivity (Wildman–Crippen MR) is 85.6 cm³/mol. The molecule has 0 fully saturated rings. The number of anilines is 1. The zero-order valence-corrected chi connectivity index (χ0v) is 13.0. The van der Waals surface area contributed by atoms with Crippen molar-refractivity contribution in [2.45, 2.75) is 13.0 Å². The Hall–Kier alpha value is -2.80. The third kappa shape index (κ3) is 3.51. The van der Waals surface area contributed by atoms with Crippen LogP contribution in [0.4, 0.5) is 10.5 Å². The molecule has 0 bridgehead atoms. The number of carbonyl (C=O) groups is 1. The van der Waals surface area contributed by atoms with Gasteiger partial charge < -0.3 is 15.2 Å². The molecule has 0 aliphatic rings. The van der Waals surface area contributed by atoms with Gasteiger partial charge >= 0.3 is 6.03 Å². The van der Waals surface area contributed by atoms with Gasteiger partial charge in [-0.1, -0.05) is 16.8 Å². The van der Waals surface area contributed by atoms with Crippen molar-refractivity contribution >= 4 is 23.3 Å². The average molecular weight is 332 g/mol. The number of nitrogens with zero attached hydrogens (tertiary/aromatic N) is 3. The van der Waals surface area contributed by atoms with E-state index in [9.17, 15) is 4.79 Å². The molecule has 2 aromatic heterocycles. The second kappa shape index (κ2) is 6.53. The summed E-state index contributed by atoms with van der Waals surface area (Å²) in [7, 11) is 0. The number of halogens is 1. The largest absolute Gasteiger partial charge is 0.364 e. The quantitative estimate of drug-likeness (QED) is 0.767. The van der Waals surface area contributed by atoms with Crippen LogP contribution in [-0.4, -0.2) is 21.0 Å². The Labute approximate surface area is 137 Å². The van der Waals surface area contributed by atoms with E-state index in [0.717, 1.165) is 5.69 Å². The van der Waals surface area contributed by atoms with Crippen molar-refractivity contribution < 1.29 is 9.32 Å². The van der Waals surface area contributed by atoms with Crippen molar-refractivity contribution in [3.05, 3.63) is 59.7 Å². The molecular weight excluding hydrogens is 318 g/mol. The molecule has 0 radical (unpaired) electrons. The highest BCUT2D eigenvalue weighted by molar-refractivity contribution is 6.32. The first-order valence-electron chi connectivity index (χ1n) is 6.91. The zero-order valence-electron chi connectivity index (χ0n) is 12.2. The van der Waals surface area contributed by atoms with Crippen LogP contribution < -0.4 is 10.6 Å². The monoisotopic (exact) mass is 331 g/mol. The first kappa shape index (κ1) is 15.1. The van der Waals surface area contributed by atoms with Crippen molar-refractivity contribution in [1.82, 2.24) is 20.3 Å². The van der Waals surface area contributed by atoms with Crippen molar-refractivity contribution in [3.8, 4) is 5.69 Å². The van der Waals surface area contributed by atoms with E-state index < -0.39 is 0 Å². The Balaban J connectivity index is 1.66. The first-order chi connectivity index (χ1) is 11.1. The summed E-state index contributed by atoms with van der Waals surface area (Å²) in [5.41, 5.74) is 1.96. The fourth-order valence-corrected chi connectivity index (χ4v) is 2.33. The Kier molecular flexibility index (Phi) is 4.29. The zero-order chi connectivity index (χ0) is 16.2. The molecule has 2 heterocycles. The van der Waals surface area contributed by atoms with Gasteiger partial charge in [0.1, 0.15) is 12.0 Å².